The van der Waals surface area contributed by atoms with Gasteiger partial charge in [-0.2, -0.15) is 5.10 Å². The van der Waals surface area contributed by atoms with Gasteiger partial charge in [-0.3, -0.25) is 9.59 Å². The van der Waals surface area contributed by atoms with Gasteiger partial charge in [0, 0.05) is 5.69 Å². The van der Waals surface area contributed by atoms with Crippen LogP contribution in [-0.4, -0.2) is 30.9 Å². The van der Waals surface area contributed by atoms with Gasteiger partial charge in [0.1, 0.15) is 5.39 Å². The number of fused-ring (bicyclic) bond motifs is 1. The molecule has 0 radical (unpaired) electrons. The van der Waals surface area contributed by atoms with Crippen molar-refractivity contribution in [3.8, 4) is 5.69 Å². The Balaban J connectivity index is 1.55. The summed E-state index contributed by atoms with van der Waals surface area (Å²) in [6.07, 6.45) is 2.44. The van der Waals surface area contributed by atoms with Crippen LogP contribution in [-0.2, 0) is 11.2 Å². The first-order chi connectivity index (χ1) is 14.5. The zero-order valence-corrected chi connectivity index (χ0v) is 17.4. The third-order valence-corrected chi connectivity index (χ3v) is 5.69. The number of nitrogens with one attached hydrogen (secondary N) is 2. The summed E-state index contributed by atoms with van der Waals surface area (Å²) in [5.74, 6) is -0.163. The number of hydrogen-bond donors (Lipinski definition) is 2. The van der Waals surface area contributed by atoms with Crippen molar-refractivity contribution in [2.75, 3.05) is 5.32 Å². The fourth-order valence-corrected chi connectivity index (χ4v) is 3.79. The highest BCUT2D eigenvalue weighted by Gasteiger charge is 2.18. The average Bonchev–Trinajstić information content (AvgIpc) is 3.19. The highest BCUT2D eigenvalue weighted by molar-refractivity contribution is 8.00. The molecule has 0 aliphatic carbocycles. The van der Waals surface area contributed by atoms with Crippen LogP contribution in [0.4, 0.5) is 5.69 Å². The lowest BCUT2D eigenvalue weighted by Gasteiger charge is -2.12. The minimum Gasteiger partial charge on any atom is -0.325 e. The zero-order valence-electron chi connectivity index (χ0n) is 16.6. The summed E-state index contributed by atoms with van der Waals surface area (Å²) >= 11 is 1.20. The van der Waals surface area contributed by atoms with Crippen LogP contribution in [0.15, 0.2) is 70.7 Å². The maximum atomic E-state index is 12.6. The number of thioether (sulfide) groups is 1. The smallest absolute Gasteiger partial charge is 0.262 e. The molecule has 1 amide bonds. The molecule has 2 aromatic heterocycles. The quantitative estimate of drug-likeness (QED) is 0.366. The van der Waals surface area contributed by atoms with Gasteiger partial charge in [0.05, 0.1) is 17.1 Å². The van der Waals surface area contributed by atoms with Crippen molar-refractivity contribution < 1.29 is 4.79 Å². The Kier molecular flexibility index (Phi) is 5.67. The van der Waals surface area contributed by atoms with Crippen LogP contribution in [0, 0.1) is 0 Å². The largest absolute Gasteiger partial charge is 0.325 e. The highest BCUT2D eigenvalue weighted by atomic mass is 32.2. The second-order valence-corrected chi connectivity index (χ2v) is 8.13. The van der Waals surface area contributed by atoms with Crippen LogP contribution >= 0.6 is 11.8 Å². The number of H-pyrrole nitrogens is 1. The SMILES string of the molecule is CCc1ccc(NC(=O)[C@@H](C)Sc2nc3c(cnn3-c3ccccc3)c(=O)[nH]2)cc1. The molecular formula is C22H21N5O2S. The number of amides is 1. The van der Waals surface area contributed by atoms with E-state index in [4.69, 9.17) is 0 Å². The van der Waals surface area contributed by atoms with E-state index in [1.54, 1.807) is 11.6 Å². The lowest BCUT2D eigenvalue weighted by molar-refractivity contribution is -0.115. The molecule has 2 N–H and O–H groups in total. The number of nitrogens with zero attached hydrogens (tertiary/aromatic N) is 3. The molecule has 2 heterocycles. The Labute approximate surface area is 177 Å². The number of aromatic amines is 1. The first-order valence-electron chi connectivity index (χ1n) is 9.65. The fourth-order valence-electron chi connectivity index (χ4n) is 3.00. The predicted octanol–water partition coefficient (Wildman–Crippen LogP) is 3.79. The Morgan fingerprint density at radius 3 is 2.60 bits per heavy atom. The molecule has 30 heavy (non-hydrogen) atoms. The average molecular weight is 420 g/mol. The Morgan fingerprint density at radius 1 is 1.17 bits per heavy atom. The standard InChI is InChI=1S/C22H21N5O2S/c1-3-15-9-11-16(12-10-15)24-20(28)14(2)30-22-25-19-18(21(29)26-22)13-23-27(19)17-7-5-4-6-8-17/h4-14H,3H2,1-2H3,(H,24,28)(H,25,26,29)/t14-/m1/s1. The van der Waals surface area contributed by atoms with Crippen LogP contribution in [0.3, 0.4) is 0 Å². The van der Waals surface area contributed by atoms with Crippen LogP contribution in [0.5, 0.6) is 0 Å². The molecule has 8 heteroatoms. The number of hydrogen-bond acceptors (Lipinski definition) is 5. The summed E-state index contributed by atoms with van der Waals surface area (Å²) in [4.78, 5) is 32.4. The van der Waals surface area contributed by atoms with E-state index in [1.165, 1.54) is 23.5 Å². The molecule has 0 bridgehead atoms. The summed E-state index contributed by atoms with van der Waals surface area (Å²) in [6, 6.07) is 17.2. The predicted molar refractivity (Wildman–Crippen MR) is 119 cm³/mol. The molecule has 7 nitrogen and oxygen atoms in total. The first kappa shape index (κ1) is 19.9. The van der Waals surface area contributed by atoms with E-state index < -0.39 is 5.25 Å². The number of benzene rings is 2. The summed E-state index contributed by atoms with van der Waals surface area (Å²) in [7, 11) is 0. The van der Waals surface area contributed by atoms with E-state index in [1.807, 2.05) is 54.6 Å². The van der Waals surface area contributed by atoms with Crippen molar-refractivity contribution in [2.45, 2.75) is 30.7 Å². The van der Waals surface area contributed by atoms with Gasteiger partial charge in [0.2, 0.25) is 5.91 Å². The Hall–Kier alpha value is -3.39. The number of aryl methyl sites for hydroxylation is 1. The van der Waals surface area contributed by atoms with Gasteiger partial charge in [-0.25, -0.2) is 9.67 Å². The number of aromatic nitrogens is 4. The van der Waals surface area contributed by atoms with E-state index in [9.17, 15) is 9.59 Å². The number of carbonyl (C=O) groups is 1. The van der Waals surface area contributed by atoms with Crippen LogP contribution < -0.4 is 10.9 Å². The molecule has 0 saturated heterocycles. The van der Waals surface area contributed by atoms with Crippen LogP contribution in [0.25, 0.3) is 16.7 Å². The molecular weight excluding hydrogens is 398 g/mol. The van der Waals surface area contributed by atoms with Crippen molar-refractivity contribution in [3.63, 3.8) is 0 Å². The maximum absolute atomic E-state index is 12.6. The van der Waals surface area contributed by atoms with E-state index >= 15 is 0 Å². The van der Waals surface area contributed by atoms with Crippen molar-refractivity contribution in [3.05, 3.63) is 76.7 Å². The topological polar surface area (TPSA) is 92.7 Å². The lowest BCUT2D eigenvalue weighted by atomic mass is 10.1. The monoisotopic (exact) mass is 419 g/mol. The molecule has 152 valence electrons. The van der Waals surface area contributed by atoms with Gasteiger partial charge >= 0.3 is 0 Å². The van der Waals surface area contributed by atoms with Crippen LogP contribution in [0.1, 0.15) is 19.4 Å². The van der Waals surface area contributed by atoms with E-state index in [0.717, 1.165) is 17.8 Å². The summed E-state index contributed by atoms with van der Waals surface area (Å²) < 4.78 is 1.62. The molecule has 4 aromatic rings. The van der Waals surface area contributed by atoms with Crippen molar-refractivity contribution in [1.82, 2.24) is 19.7 Å². The summed E-state index contributed by atoms with van der Waals surface area (Å²) in [5.41, 5.74) is 2.93. The molecule has 4 rings (SSSR count). The second kappa shape index (κ2) is 8.54. The second-order valence-electron chi connectivity index (χ2n) is 6.80. The molecule has 0 aliphatic rings. The van der Waals surface area contributed by atoms with Gasteiger partial charge in [-0.1, -0.05) is 49.0 Å². The molecule has 0 unspecified atom stereocenters. The Morgan fingerprint density at radius 2 is 1.90 bits per heavy atom. The zero-order chi connectivity index (χ0) is 21.1. The summed E-state index contributed by atoms with van der Waals surface area (Å²) in [6.45, 7) is 3.86. The van der Waals surface area contributed by atoms with Crippen molar-refractivity contribution in [1.29, 1.82) is 0 Å². The number of carbonyl (C=O) groups excluding carboxylic acids is 1. The molecule has 2 aromatic carbocycles. The highest BCUT2D eigenvalue weighted by Crippen LogP contribution is 2.22. The van der Waals surface area contributed by atoms with Crippen molar-refractivity contribution >= 4 is 34.4 Å². The molecule has 1 atom stereocenters. The van der Waals surface area contributed by atoms with Gasteiger partial charge in [-0.15, -0.1) is 0 Å². The maximum Gasteiger partial charge on any atom is 0.262 e. The van der Waals surface area contributed by atoms with Crippen molar-refractivity contribution in [2.24, 2.45) is 0 Å². The fraction of sp³-hybridized carbons (Fsp3) is 0.182. The first-order valence-corrected chi connectivity index (χ1v) is 10.5. The third kappa shape index (κ3) is 4.13. The Bertz CT molecular complexity index is 1230. The van der Waals surface area contributed by atoms with Gasteiger partial charge in [-0.05, 0) is 43.2 Å². The number of anilines is 1. The third-order valence-electron chi connectivity index (χ3n) is 4.70. The normalized spacial score (nSPS) is 12.1. The van der Waals surface area contributed by atoms with Gasteiger partial charge in [0.15, 0.2) is 10.8 Å². The molecule has 0 aliphatic heterocycles. The van der Waals surface area contributed by atoms with E-state index in [-0.39, 0.29) is 11.5 Å². The number of para-hydroxylation sites is 1. The van der Waals surface area contributed by atoms with E-state index in [2.05, 4.69) is 27.3 Å². The van der Waals surface area contributed by atoms with Crippen LogP contribution in [0.2, 0.25) is 0 Å². The minimum atomic E-state index is -0.454. The molecule has 0 saturated carbocycles. The van der Waals surface area contributed by atoms with Gasteiger partial charge in [0.25, 0.3) is 5.56 Å². The number of rotatable bonds is 6. The molecule has 0 fully saturated rings. The molecule has 0 spiro atoms. The minimum absolute atomic E-state index is 0.163. The van der Waals surface area contributed by atoms with E-state index in [0.29, 0.717) is 16.2 Å². The van der Waals surface area contributed by atoms with Gasteiger partial charge < -0.3 is 10.3 Å². The lowest BCUT2D eigenvalue weighted by Crippen LogP contribution is -2.23. The summed E-state index contributed by atoms with van der Waals surface area (Å²) in [5, 5.41) is 7.51.